The van der Waals surface area contributed by atoms with E-state index < -0.39 is 0 Å². The van der Waals surface area contributed by atoms with Gasteiger partial charge in [-0.1, -0.05) is 25.2 Å². The third-order valence-corrected chi connectivity index (χ3v) is 4.17. The molecule has 18 heavy (non-hydrogen) atoms. The molecule has 2 rings (SSSR count). The van der Waals surface area contributed by atoms with Crippen molar-refractivity contribution in [2.45, 2.75) is 26.7 Å². The zero-order chi connectivity index (χ0) is 13.5. The first-order valence-corrected chi connectivity index (χ1v) is 6.17. The smallest absolute Gasteiger partial charge is 0.182 e. The van der Waals surface area contributed by atoms with E-state index in [0.717, 1.165) is 5.57 Å². The van der Waals surface area contributed by atoms with Crippen molar-refractivity contribution in [3.63, 3.8) is 0 Å². The zero-order valence-electron chi connectivity index (χ0n) is 11.0. The Balaban J connectivity index is 2.50. The number of rotatable bonds is 2. The molecule has 2 atom stereocenters. The largest absolute Gasteiger partial charge is 0.290 e. The highest BCUT2D eigenvalue weighted by atomic mass is 16.1. The molecule has 0 bridgehead atoms. The minimum absolute atomic E-state index is 0.0260. The van der Waals surface area contributed by atoms with E-state index in [1.54, 1.807) is 0 Å². The fourth-order valence-electron chi connectivity index (χ4n) is 2.96. The zero-order valence-corrected chi connectivity index (χ0v) is 11.0. The van der Waals surface area contributed by atoms with Crippen molar-refractivity contribution in [2.75, 3.05) is 0 Å². The summed E-state index contributed by atoms with van der Waals surface area (Å²) >= 11 is 0. The standard InChI is InChI=1S/C16H18O2/c1-5-16(4)9-12-11(8-13(16)10(2)3)14(17)6-7-15(12)18/h5-7,13H,1-2,8-9H2,3-4H3/t13-,16-/m1/s1. The summed E-state index contributed by atoms with van der Waals surface area (Å²) in [6.45, 7) is 12.0. The predicted octanol–water partition coefficient (Wildman–Crippen LogP) is 3.17. The Morgan fingerprint density at radius 3 is 2.39 bits per heavy atom. The van der Waals surface area contributed by atoms with E-state index in [4.69, 9.17) is 0 Å². The lowest BCUT2D eigenvalue weighted by molar-refractivity contribution is -0.116. The van der Waals surface area contributed by atoms with Crippen molar-refractivity contribution in [3.05, 3.63) is 48.1 Å². The minimum atomic E-state index is -0.189. The van der Waals surface area contributed by atoms with E-state index >= 15 is 0 Å². The highest BCUT2D eigenvalue weighted by molar-refractivity contribution is 6.20. The summed E-state index contributed by atoms with van der Waals surface area (Å²) in [5.74, 6) is 0.122. The Labute approximate surface area is 108 Å². The number of carbonyl (C=O) groups is 2. The summed E-state index contributed by atoms with van der Waals surface area (Å²) in [4.78, 5) is 23.8. The van der Waals surface area contributed by atoms with Gasteiger partial charge in [-0.3, -0.25) is 9.59 Å². The summed E-state index contributed by atoms with van der Waals surface area (Å²) in [5.41, 5.74) is 2.20. The second-order valence-electron chi connectivity index (χ2n) is 5.51. The molecule has 2 nitrogen and oxygen atoms in total. The molecule has 0 aromatic rings. The molecule has 0 heterocycles. The molecular formula is C16H18O2. The summed E-state index contributed by atoms with van der Waals surface area (Å²) in [5, 5.41) is 0. The van der Waals surface area contributed by atoms with Gasteiger partial charge in [-0.15, -0.1) is 6.58 Å². The summed E-state index contributed by atoms with van der Waals surface area (Å²) in [6, 6.07) is 0. The van der Waals surface area contributed by atoms with Gasteiger partial charge in [0.05, 0.1) is 0 Å². The highest BCUT2D eigenvalue weighted by Crippen LogP contribution is 2.48. The van der Waals surface area contributed by atoms with Crippen LogP contribution in [0.3, 0.4) is 0 Å². The van der Waals surface area contributed by atoms with E-state index in [9.17, 15) is 9.59 Å². The van der Waals surface area contributed by atoms with Crippen molar-refractivity contribution in [2.24, 2.45) is 11.3 Å². The quantitative estimate of drug-likeness (QED) is 0.550. The lowest BCUT2D eigenvalue weighted by atomic mass is 9.61. The third-order valence-electron chi connectivity index (χ3n) is 4.17. The van der Waals surface area contributed by atoms with Crippen molar-refractivity contribution in [1.29, 1.82) is 0 Å². The fraction of sp³-hybridized carbons (Fsp3) is 0.375. The van der Waals surface area contributed by atoms with Crippen molar-refractivity contribution < 1.29 is 9.59 Å². The molecule has 0 fully saturated rings. The molecular weight excluding hydrogens is 224 g/mol. The third kappa shape index (κ3) is 1.82. The van der Waals surface area contributed by atoms with Gasteiger partial charge in [-0.25, -0.2) is 0 Å². The average Bonchev–Trinajstić information content (AvgIpc) is 2.33. The maximum absolute atomic E-state index is 11.9. The van der Waals surface area contributed by atoms with Gasteiger partial charge >= 0.3 is 0 Å². The summed E-state index contributed by atoms with van der Waals surface area (Å²) < 4.78 is 0. The Morgan fingerprint density at radius 2 is 1.89 bits per heavy atom. The number of hydrogen-bond acceptors (Lipinski definition) is 2. The number of carbonyl (C=O) groups excluding carboxylic acids is 2. The molecule has 0 N–H and O–H groups in total. The first-order valence-electron chi connectivity index (χ1n) is 6.17. The fourth-order valence-corrected chi connectivity index (χ4v) is 2.96. The number of allylic oxidation sites excluding steroid dienone is 6. The molecule has 2 aliphatic rings. The Bertz CT molecular complexity index is 519. The van der Waals surface area contributed by atoms with Crippen LogP contribution in [-0.2, 0) is 9.59 Å². The predicted molar refractivity (Wildman–Crippen MR) is 72.0 cm³/mol. The van der Waals surface area contributed by atoms with E-state index in [1.165, 1.54) is 12.2 Å². The van der Waals surface area contributed by atoms with Gasteiger partial charge < -0.3 is 0 Å². The van der Waals surface area contributed by atoms with Crippen LogP contribution < -0.4 is 0 Å². The first kappa shape index (κ1) is 12.7. The van der Waals surface area contributed by atoms with Crippen LogP contribution in [0.25, 0.3) is 0 Å². The van der Waals surface area contributed by atoms with Crippen LogP contribution in [0.5, 0.6) is 0 Å². The van der Waals surface area contributed by atoms with Crippen LogP contribution in [0.1, 0.15) is 26.7 Å². The van der Waals surface area contributed by atoms with Crippen molar-refractivity contribution in [1.82, 2.24) is 0 Å². The summed E-state index contributed by atoms with van der Waals surface area (Å²) in [6.07, 6.45) is 5.84. The molecule has 0 unspecified atom stereocenters. The molecule has 0 saturated carbocycles. The Morgan fingerprint density at radius 1 is 1.33 bits per heavy atom. The number of ketones is 2. The van der Waals surface area contributed by atoms with E-state index in [2.05, 4.69) is 20.1 Å². The molecule has 0 saturated heterocycles. The van der Waals surface area contributed by atoms with Crippen LogP contribution >= 0.6 is 0 Å². The van der Waals surface area contributed by atoms with Crippen LogP contribution in [0.15, 0.2) is 48.1 Å². The molecule has 2 aliphatic carbocycles. The number of hydrogen-bond donors (Lipinski definition) is 0. The second-order valence-corrected chi connectivity index (χ2v) is 5.51. The average molecular weight is 242 g/mol. The summed E-state index contributed by atoms with van der Waals surface area (Å²) in [7, 11) is 0. The molecule has 0 aromatic carbocycles. The van der Waals surface area contributed by atoms with Gasteiger partial charge in [-0.2, -0.15) is 0 Å². The molecule has 0 spiro atoms. The monoisotopic (exact) mass is 242 g/mol. The maximum Gasteiger partial charge on any atom is 0.182 e. The molecule has 0 amide bonds. The second kappa shape index (κ2) is 4.20. The Kier molecular flexibility index (Phi) is 2.97. The van der Waals surface area contributed by atoms with Crippen LogP contribution in [0, 0.1) is 11.3 Å². The molecule has 0 radical (unpaired) electrons. The van der Waals surface area contributed by atoms with Crippen LogP contribution in [-0.4, -0.2) is 11.6 Å². The van der Waals surface area contributed by atoms with Crippen molar-refractivity contribution >= 4 is 11.6 Å². The van der Waals surface area contributed by atoms with Crippen molar-refractivity contribution in [3.8, 4) is 0 Å². The van der Waals surface area contributed by atoms with Crippen LogP contribution in [0.4, 0.5) is 0 Å². The van der Waals surface area contributed by atoms with Gasteiger partial charge in [0.15, 0.2) is 11.6 Å². The van der Waals surface area contributed by atoms with Crippen LogP contribution in [0.2, 0.25) is 0 Å². The van der Waals surface area contributed by atoms with Gasteiger partial charge in [-0.05, 0) is 43.3 Å². The van der Waals surface area contributed by atoms with Gasteiger partial charge in [0.1, 0.15) is 0 Å². The van der Waals surface area contributed by atoms with Gasteiger partial charge in [0.25, 0.3) is 0 Å². The molecule has 0 aliphatic heterocycles. The van der Waals surface area contributed by atoms with Gasteiger partial charge in [0.2, 0.25) is 0 Å². The van der Waals surface area contributed by atoms with Gasteiger partial charge in [0, 0.05) is 11.1 Å². The molecule has 0 aromatic heterocycles. The minimum Gasteiger partial charge on any atom is -0.290 e. The van der Waals surface area contributed by atoms with E-state index in [-0.39, 0.29) is 22.9 Å². The molecule has 94 valence electrons. The topological polar surface area (TPSA) is 34.1 Å². The lowest BCUT2D eigenvalue weighted by Crippen LogP contribution is -2.35. The normalized spacial score (nSPS) is 31.3. The highest BCUT2D eigenvalue weighted by Gasteiger charge is 2.41. The lowest BCUT2D eigenvalue weighted by Gasteiger charge is -2.41. The SMILES string of the molecule is C=C[C@]1(C)CC2=C(C[C@@H]1C(=C)C)C(=O)C=CC2=O. The Hall–Kier alpha value is -1.70. The first-order chi connectivity index (χ1) is 8.39. The van der Waals surface area contributed by atoms with E-state index in [0.29, 0.717) is 24.0 Å². The van der Waals surface area contributed by atoms with E-state index in [1.807, 2.05) is 13.0 Å². The maximum atomic E-state index is 11.9. The molecule has 2 heteroatoms.